The number of hydrogen-bond donors (Lipinski definition) is 0. The molecule has 2 aliphatic carbocycles. The van der Waals surface area contributed by atoms with Crippen LogP contribution in [-0.2, 0) is 4.79 Å². The largest absolute Gasteiger partial charge is 0.426 e. The minimum absolute atomic E-state index is 0.0457. The Morgan fingerprint density at radius 3 is 1.84 bits per heavy atom. The first kappa shape index (κ1) is 27.8. The minimum Gasteiger partial charge on any atom is -0.426 e. The van der Waals surface area contributed by atoms with E-state index in [-0.39, 0.29) is 11.9 Å². The van der Waals surface area contributed by atoms with Crippen LogP contribution in [0, 0.1) is 17.8 Å². The highest BCUT2D eigenvalue weighted by Crippen LogP contribution is 2.38. The molecular weight excluding hydrogens is 456 g/mol. The van der Waals surface area contributed by atoms with Gasteiger partial charge in [-0.15, -0.1) is 0 Å². The maximum Gasteiger partial charge on any atom is 0.314 e. The lowest BCUT2D eigenvalue weighted by atomic mass is 9.77. The van der Waals surface area contributed by atoms with Crippen molar-refractivity contribution in [2.24, 2.45) is 17.8 Å². The maximum atomic E-state index is 12.7. The molecule has 1 heterocycles. The predicted octanol–water partition coefficient (Wildman–Crippen LogP) is 9.29. The molecule has 202 valence electrons. The molecule has 0 aliphatic heterocycles. The molecule has 2 aromatic rings. The van der Waals surface area contributed by atoms with E-state index >= 15 is 0 Å². The van der Waals surface area contributed by atoms with Gasteiger partial charge in [-0.05, 0) is 98.9 Å². The summed E-state index contributed by atoms with van der Waals surface area (Å²) >= 11 is 0. The van der Waals surface area contributed by atoms with Gasteiger partial charge < -0.3 is 4.74 Å². The van der Waals surface area contributed by atoms with E-state index in [1.807, 2.05) is 36.7 Å². The summed E-state index contributed by atoms with van der Waals surface area (Å²) in [7, 11) is 0. The quantitative estimate of drug-likeness (QED) is 0.164. The van der Waals surface area contributed by atoms with Crippen LogP contribution in [0.2, 0.25) is 0 Å². The maximum absolute atomic E-state index is 12.7. The molecule has 0 spiro atoms. The first-order valence-electron chi connectivity index (χ1n) is 15.3. The Labute approximate surface area is 225 Å². The number of unbranched alkanes of at least 4 members (excludes halogenated alkanes) is 4. The number of carbonyl (C=O) groups is 1. The first-order valence-corrected chi connectivity index (χ1v) is 15.3. The molecule has 37 heavy (non-hydrogen) atoms. The number of esters is 1. The van der Waals surface area contributed by atoms with Gasteiger partial charge in [0, 0.05) is 18.0 Å². The van der Waals surface area contributed by atoms with Crippen molar-refractivity contribution in [3.05, 3.63) is 42.2 Å². The van der Waals surface area contributed by atoms with Crippen molar-refractivity contribution < 1.29 is 9.53 Å². The lowest BCUT2D eigenvalue weighted by Gasteiger charge is -2.28. The van der Waals surface area contributed by atoms with Crippen molar-refractivity contribution in [2.45, 2.75) is 122 Å². The molecule has 0 saturated heterocycles. The number of benzene rings is 1. The van der Waals surface area contributed by atoms with Crippen molar-refractivity contribution in [2.75, 3.05) is 0 Å². The van der Waals surface area contributed by atoms with E-state index in [9.17, 15) is 4.79 Å². The molecule has 4 rings (SSSR count). The van der Waals surface area contributed by atoms with Crippen LogP contribution in [0.3, 0.4) is 0 Å². The molecule has 0 bridgehead atoms. The summed E-state index contributed by atoms with van der Waals surface area (Å²) in [6, 6.07) is 7.68. The lowest BCUT2D eigenvalue weighted by Crippen LogP contribution is -2.25. The molecule has 0 amide bonds. The summed E-state index contributed by atoms with van der Waals surface area (Å²) in [4.78, 5) is 22.1. The van der Waals surface area contributed by atoms with Gasteiger partial charge in [0.2, 0.25) is 0 Å². The predicted molar refractivity (Wildman–Crippen MR) is 152 cm³/mol. The van der Waals surface area contributed by atoms with E-state index in [2.05, 4.69) is 23.8 Å². The fourth-order valence-corrected chi connectivity index (χ4v) is 6.41. The highest BCUT2D eigenvalue weighted by molar-refractivity contribution is 5.75. The average Bonchev–Trinajstić information content (AvgIpc) is 2.95. The second-order valence-corrected chi connectivity index (χ2v) is 11.7. The third-order valence-corrected chi connectivity index (χ3v) is 8.93. The van der Waals surface area contributed by atoms with Crippen LogP contribution in [0.4, 0.5) is 0 Å². The molecule has 0 radical (unpaired) electrons. The molecule has 0 unspecified atom stereocenters. The monoisotopic (exact) mass is 504 g/mol. The molecular formula is C33H48N2O2. The second kappa shape index (κ2) is 14.6. The smallest absolute Gasteiger partial charge is 0.314 e. The summed E-state index contributed by atoms with van der Waals surface area (Å²) in [5.41, 5.74) is 2.24. The second-order valence-electron chi connectivity index (χ2n) is 11.7. The van der Waals surface area contributed by atoms with E-state index in [4.69, 9.17) is 4.74 Å². The minimum atomic E-state index is -0.0690. The van der Waals surface area contributed by atoms with Crippen LogP contribution in [0.15, 0.2) is 36.7 Å². The summed E-state index contributed by atoms with van der Waals surface area (Å²) in [6.45, 7) is 4.54. The van der Waals surface area contributed by atoms with Gasteiger partial charge in [-0.25, -0.2) is 9.97 Å². The summed E-state index contributed by atoms with van der Waals surface area (Å²) in [5, 5.41) is 0. The van der Waals surface area contributed by atoms with Gasteiger partial charge in [0.1, 0.15) is 5.75 Å². The molecule has 2 fully saturated rings. The molecule has 0 N–H and O–H groups in total. The Kier molecular flexibility index (Phi) is 11.0. The van der Waals surface area contributed by atoms with E-state index in [0.29, 0.717) is 11.7 Å². The van der Waals surface area contributed by atoms with E-state index in [1.165, 1.54) is 82.6 Å². The Bertz CT molecular complexity index is 924. The van der Waals surface area contributed by atoms with E-state index in [0.717, 1.165) is 48.9 Å². The first-order chi connectivity index (χ1) is 18.2. The number of nitrogens with zero attached hydrogens (tertiary/aromatic N) is 2. The van der Waals surface area contributed by atoms with Gasteiger partial charge in [0.25, 0.3) is 0 Å². The highest BCUT2D eigenvalue weighted by atomic mass is 16.5. The zero-order valence-corrected chi connectivity index (χ0v) is 23.3. The van der Waals surface area contributed by atoms with Crippen LogP contribution < -0.4 is 4.74 Å². The Morgan fingerprint density at radius 1 is 0.757 bits per heavy atom. The van der Waals surface area contributed by atoms with Crippen LogP contribution in [0.1, 0.15) is 128 Å². The van der Waals surface area contributed by atoms with Crippen molar-refractivity contribution in [1.82, 2.24) is 9.97 Å². The third kappa shape index (κ3) is 8.38. The number of rotatable bonds is 12. The standard InChI is InChI=1S/C33H48N2O2/c1-3-5-7-9-25-11-15-27(16-12-25)30-23-34-32(35-24-30)28-19-21-31(22-20-28)37-33(36)29-17-13-26(14-18-29)10-8-6-4-2/h19-27,29H,3-18H2,1-2H3/t25-,26?,27-,29?. The van der Waals surface area contributed by atoms with Gasteiger partial charge in [0.05, 0.1) is 5.92 Å². The Hall–Kier alpha value is -2.23. The van der Waals surface area contributed by atoms with Gasteiger partial charge >= 0.3 is 5.97 Å². The fraction of sp³-hybridized carbons (Fsp3) is 0.667. The average molecular weight is 505 g/mol. The van der Waals surface area contributed by atoms with Crippen molar-refractivity contribution >= 4 is 5.97 Å². The molecule has 4 heteroatoms. The zero-order chi connectivity index (χ0) is 25.9. The van der Waals surface area contributed by atoms with Crippen molar-refractivity contribution in [3.8, 4) is 17.1 Å². The van der Waals surface area contributed by atoms with E-state index < -0.39 is 0 Å². The molecule has 4 nitrogen and oxygen atoms in total. The van der Waals surface area contributed by atoms with Gasteiger partial charge in [0.15, 0.2) is 5.82 Å². The van der Waals surface area contributed by atoms with Crippen LogP contribution in [0.5, 0.6) is 5.75 Å². The summed E-state index contributed by atoms with van der Waals surface area (Å²) in [5.74, 6) is 3.64. The Morgan fingerprint density at radius 2 is 1.30 bits per heavy atom. The van der Waals surface area contributed by atoms with Crippen LogP contribution in [-0.4, -0.2) is 15.9 Å². The molecule has 1 aromatic heterocycles. The summed E-state index contributed by atoms with van der Waals surface area (Å²) < 4.78 is 5.74. The van der Waals surface area contributed by atoms with Crippen LogP contribution >= 0.6 is 0 Å². The lowest BCUT2D eigenvalue weighted by molar-refractivity contribution is -0.140. The highest BCUT2D eigenvalue weighted by Gasteiger charge is 2.27. The number of ether oxygens (including phenoxy) is 1. The number of carbonyl (C=O) groups excluding carboxylic acids is 1. The molecule has 1 aromatic carbocycles. The van der Waals surface area contributed by atoms with Crippen molar-refractivity contribution in [3.63, 3.8) is 0 Å². The SMILES string of the molecule is CCCCCC1CCC(C(=O)Oc2ccc(-c3ncc([C@H]4CC[C@H](CCCCC)CC4)cn3)cc2)CC1. The molecule has 0 atom stereocenters. The third-order valence-electron chi connectivity index (χ3n) is 8.93. The molecule has 2 aliphatic rings. The van der Waals surface area contributed by atoms with Gasteiger partial charge in [-0.2, -0.15) is 0 Å². The topological polar surface area (TPSA) is 52.1 Å². The fourth-order valence-electron chi connectivity index (χ4n) is 6.41. The van der Waals surface area contributed by atoms with Crippen molar-refractivity contribution in [1.29, 1.82) is 0 Å². The van der Waals surface area contributed by atoms with Crippen LogP contribution in [0.25, 0.3) is 11.4 Å². The number of hydrogen-bond acceptors (Lipinski definition) is 4. The van der Waals surface area contributed by atoms with Gasteiger partial charge in [-0.3, -0.25) is 4.79 Å². The number of aromatic nitrogens is 2. The Balaban J connectivity index is 1.22. The van der Waals surface area contributed by atoms with Gasteiger partial charge in [-0.1, -0.05) is 65.2 Å². The summed E-state index contributed by atoms with van der Waals surface area (Å²) in [6.07, 6.45) is 24.3. The van der Waals surface area contributed by atoms with E-state index in [1.54, 1.807) is 0 Å². The normalized spacial score (nSPS) is 24.1. The zero-order valence-electron chi connectivity index (χ0n) is 23.3. The molecule has 2 saturated carbocycles.